The van der Waals surface area contributed by atoms with Crippen LogP contribution in [-0.2, 0) is 0 Å². The van der Waals surface area contributed by atoms with E-state index in [1.807, 2.05) is 6.07 Å². The molecular formula is C26H30OSi. The Morgan fingerprint density at radius 1 is 0.750 bits per heavy atom. The van der Waals surface area contributed by atoms with Gasteiger partial charge >= 0.3 is 0 Å². The third kappa shape index (κ3) is 3.50. The van der Waals surface area contributed by atoms with Crippen LogP contribution in [0.5, 0.6) is 0 Å². The minimum absolute atomic E-state index is 0.0415. The fourth-order valence-electron chi connectivity index (χ4n) is 4.76. The number of hydrogen-bond donors (Lipinski definition) is 1. The molecule has 1 nitrogen and oxygen atoms in total. The molecule has 0 spiro atoms. The van der Waals surface area contributed by atoms with Gasteiger partial charge in [-0.3, -0.25) is 0 Å². The summed E-state index contributed by atoms with van der Waals surface area (Å²) < 4.78 is 0. The normalized spacial score (nSPS) is 14.3. The summed E-state index contributed by atoms with van der Waals surface area (Å²) >= 11 is 0. The SMILES string of the molecule is C=C[C@H](O)[C@@H](c1ccccc1)[Si](c1ccccc1)(c1ccccc1)C(C)(C)C. The third-order valence-electron chi connectivity index (χ3n) is 5.85. The zero-order chi connectivity index (χ0) is 20.2. The van der Waals surface area contributed by atoms with E-state index in [0.29, 0.717) is 0 Å². The van der Waals surface area contributed by atoms with Crippen LogP contribution in [0.1, 0.15) is 31.9 Å². The smallest absolute Gasteiger partial charge is 0.133 e. The van der Waals surface area contributed by atoms with Gasteiger partial charge in [0, 0.05) is 5.54 Å². The molecule has 0 radical (unpaired) electrons. The van der Waals surface area contributed by atoms with Crippen LogP contribution in [0.15, 0.2) is 104 Å². The Balaban J connectivity index is 2.45. The fraction of sp³-hybridized carbons (Fsp3) is 0.231. The molecule has 0 unspecified atom stereocenters. The first-order chi connectivity index (χ1) is 13.4. The summed E-state index contributed by atoms with van der Waals surface area (Å²) in [5.74, 6) is 0. The Kier molecular flexibility index (Phi) is 6.02. The molecule has 0 saturated carbocycles. The number of aliphatic hydroxyl groups is 1. The standard InChI is InChI=1S/C26H30OSi/c1-5-24(27)25(21-15-9-6-10-16-21)28(26(2,3)4,22-17-11-7-12-18-22)23-19-13-8-14-20-23/h5-20,24-25,27H,1H2,2-4H3/t24-,25+/m0/s1. The Bertz CT molecular complexity index is 842. The lowest BCUT2D eigenvalue weighted by molar-refractivity contribution is 0.213. The van der Waals surface area contributed by atoms with Crippen LogP contribution in [0.3, 0.4) is 0 Å². The summed E-state index contributed by atoms with van der Waals surface area (Å²) in [7, 11) is -2.52. The second-order valence-corrected chi connectivity index (χ2v) is 13.3. The third-order valence-corrected chi connectivity index (χ3v) is 12.3. The summed E-state index contributed by atoms with van der Waals surface area (Å²) in [6, 6.07) is 32.1. The van der Waals surface area contributed by atoms with Gasteiger partial charge in [-0.25, -0.2) is 0 Å². The zero-order valence-corrected chi connectivity index (χ0v) is 18.0. The van der Waals surface area contributed by atoms with E-state index in [4.69, 9.17) is 0 Å². The van der Waals surface area contributed by atoms with E-state index in [2.05, 4.69) is 112 Å². The number of aliphatic hydroxyl groups excluding tert-OH is 1. The fourth-order valence-corrected chi connectivity index (χ4v) is 11.3. The maximum Gasteiger partial charge on any atom is 0.133 e. The lowest BCUT2D eigenvalue weighted by Gasteiger charge is -2.50. The Labute approximate surface area is 170 Å². The molecule has 28 heavy (non-hydrogen) atoms. The van der Waals surface area contributed by atoms with E-state index in [1.54, 1.807) is 6.08 Å². The van der Waals surface area contributed by atoms with Crippen molar-refractivity contribution in [1.82, 2.24) is 0 Å². The molecule has 1 N–H and O–H groups in total. The molecule has 2 atom stereocenters. The lowest BCUT2D eigenvalue weighted by atomic mass is 10.1. The van der Waals surface area contributed by atoms with Gasteiger partial charge in [-0.2, -0.15) is 0 Å². The number of hydrogen-bond acceptors (Lipinski definition) is 1. The molecule has 144 valence electrons. The number of rotatable bonds is 6. The van der Waals surface area contributed by atoms with Gasteiger partial charge in [0.25, 0.3) is 0 Å². The molecule has 3 rings (SSSR count). The van der Waals surface area contributed by atoms with Crippen LogP contribution in [0.2, 0.25) is 5.04 Å². The highest BCUT2D eigenvalue weighted by atomic mass is 28.3. The summed E-state index contributed by atoms with van der Waals surface area (Å²) in [6.45, 7) is 10.9. The molecule has 3 aromatic rings. The highest BCUT2D eigenvalue weighted by Crippen LogP contribution is 2.46. The molecule has 0 amide bonds. The maximum atomic E-state index is 11.3. The van der Waals surface area contributed by atoms with Crippen molar-refractivity contribution < 1.29 is 5.11 Å². The number of benzene rings is 3. The topological polar surface area (TPSA) is 20.2 Å². The summed E-state index contributed by atoms with van der Waals surface area (Å²) in [5, 5.41) is 13.9. The van der Waals surface area contributed by atoms with Gasteiger partial charge in [0.2, 0.25) is 0 Å². The minimum Gasteiger partial charge on any atom is -0.389 e. The molecule has 2 heteroatoms. The lowest BCUT2D eigenvalue weighted by Crippen LogP contribution is -2.70. The molecule has 3 aromatic carbocycles. The summed E-state index contributed by atoms with van der Waals surface area (Å²) in [4.78, 5) is 0. The first kappa shape index (κ1) is 20.3. The van der Waals surface area contributed by atoms with E-state index in [0.717, 1.165) is 0 Å². The van der Waals surface area contributed by atoms with Crippen LogP contribution in [0.4, 0.5) is 0 Å². The van der Waals surface area contributed by atoms with E-state index < -0.39 is 14.2 Å². The van der Waals surface area contributed by atoms with Gasteiger partial charge in [-0.05, 0) is 10.6 Å². The Hall–Kier alpha value is -2.42. The largest absolute Gasteiger partial charge is 0.389 e. The van der Waals surface area contributed by atoms with E-state index in [9.17, 15) is 5.11 Å². The first-order valence-corrected chi connectivity index (χ1v) is 12.0. The predicted molar refractivity (Wildman–Crippen MR) is 123 cm³/mol. The van der Waals surface area contributed by atoms with Crippen LogP contribution >= 0.6 is 0 Å². The first-order valence-electron chi connectivity index (χ1n) is 9.89. The van der Waals surface area contributed by atoms with Crippen LogP contribution in [-0.4, -0.2) is 19.3 Å². The van der Waals surface area contributed by atoms with E-state index in [1.165, 1.54) is 15.9 Å². The van der Waals surface area contributed by atoms with Gasteiger partial charge in [0.1, 0.15) is 8.07 Å². The molecule has 0 aliphatic heterocycles. The summed E-state index contributed by atoms with van der Waals surface area (Å²) in [6.07, 6.45) is 1.07. The van der Waals surface area contributed by atoms with Crippen molar-refractivity contribution in [3.63, 3.8) is 0 Å². The van der Waals surface area contributed by atoms with Crippen LogP contribution in [0, 0.1) is 0 Å². The Morgan fingerprint density at radius 3 is 1.50 bits per heavy atom. The van der Waals surface area contributed by atoms with Gasteiger partial charge < -0.3 is 5.11 Å². The quantitative estimate of drug-likeness (QED) is 0.471. The molecular weight excluding hydrogens is 356 g/mol. The second kappa shape index (κ2) is 8.30. The van der Waals surface area contributed by atoms with Gasteiger partial charge in [0.05, 0.1) is 6.10 Å². The maximum absolute atomic E-state index is 11.3. The average molecular weight is 387 g/mol. The molecule has 0 bridgehead atoms. The molecule has 0 aliphatic carbocycles. The van der Waals surface area contributed by atoms with Crippen molar-refractivity contribution in [3.05, 3.63) is 109 Å². The van der Waals surface area contributed by atoms with Crippen molar-refractivity contribution in [2.24, 2.45) is 0 Å². The van der Waals surface area contributed by atoms with E-state index in [-0.39, 0.29) is 10.6 Å². The molecule has 0 aliphatic rings. The van der Waals surface area contributed by atoms with Crippen molar-refractivity contribution in [3.8, 4) is 0 Å². The van der Waals surface area contributed by atoms with Gasteiger partial charge in [-0.1, -0.05) is 128 Å². The molecule has 0 heterocycles. The molecule has 0 aromatic heterocycles. The van der Waals surface area contributed by atoms with Crippen LogP contribution < -0.4 is 10.4 Å². The highest BCUT2D eigenvalue weighted by molar-refractivity contribution is 7.05. The predicted octanol–water partition coefficient (Wildman–Crippen LogP) is 4.92. The average Bonchev–Trinajstić information content (AvgIpc) is 2.72. The molecule has 0 fully saturated rings. The molecule has 0 saturated heterocycles. The van der Waals surface area contributed by atoms with Gasteiger partial charge in [-0.15, -0.1) is 6.58 Å². The monoisotopic (exact) mass is 386 g/mol. The minimum atomic E-state index is -2.52. The van der Waals surface area contributed by atoms with Crippen molar-refractivity contribution in [2.75, 3.05) is 0 Å². The summed E-state index contributed by atoms with van der Waals surface area (Å²) in [5.41, 5.74) is 1.13. The zero-order valence-electron chi connectivity index (χ0n) is 17.0. The van der Waals surface area contributed by atoms with Crippen molar-refractivity contribution in [2.45, 2.75) is 37.5 Å². The van der Waals surface area contributed by atoms with E-state index >= 15 is 0 Å². The Morgan fingerprint density at radius 2 is 1.14 bits per heavy atom. The highest BCUT2D eigenvalue weighted by Gasteiger charge is 2.55. The second-order valence-electron chi connectivity index (χ2n) is 8.40. The van der Waals surface area contributed by atoms with Gasteiger partial charge in [0.15, 0.2) is 0 Å². The van der Waals surface area contributed by atoms with Crippen molar-refractivity contribution >= 4 is 18.4 Å². The van der Waals surface area contributed by atoms with Crippen LogP contribution in [0.25, 0.3) is 0 Å². The van der Waals surface area contributed by atoms with Crippen molar-refractivity contribution in [1.29, 1.82) is 0 Å².